The summed E-state index contributed by atoms with van der Waals surface area (Å²) in [6.07, 6.45) is 1.65. The third kappa shape index (κ3) is 6.23. The minimum atomic E-state index is -0.632. The predicted octanol–water partition coefficient (Wildman–Crippen LogP) is 2.85. The number of fused-ring (bicyclic) bond motifs is 1. The molecule has 1 amide bonds. The third-order valence-electron chi connectivity index (χ3n) is 6.48. The maximum Gasteiger partial charge on any atom is 0.338 e. The van der Waals surface area contributed by atoms with Crippen LogP contribution in [0.1, 0.15) is 24.9 Å². The predicted molar refractivity (Wildman–Crippen MR) is 146 cm³/mol. The van der Waals surface area contributed by atoms with Crippen LogP contribution in [-0.4, -0.2) is 87.1 Å². The number of carbonyl (C=O) groups excluding carboxylic acids is 2. The Bertz CT molecular complexity index is 1160. The fourth-order valence-electron chi connectivity index (χ4n) is 4.60. The number of rotatable bonds is 11. The quantitative estimate of drug-likeness (QED) is 0.334. The number of hydrogen-bond donors (Lipinski definition) is 1. The first-order valence-corrected chi connectivity index (χ1v) is 13.4. The lowest BCUT2D eigenvalue weighted by Crippen LogP contribution is -2.42. The summed E-state index contributed by atoms with van der Waals surface area (Å²) in [5.41, 5.74) is 2.33. The highest BCUT2D eigenvalue weighted by Crippen LogP contribution is 2.47. The van der Waals surface area contributed by atoms with Gasteiger partial charge in [0.15, 0.2) is 5.17 Å². The van der Waals surface area contributed by atoms with Gasteiger partial charge in [0.25, 0.3) is 0 Å². The molecule has 3 aliphatic heterocycles. The van der Waals surface area contributed by atoms with Crippen LogP contribution in [-0.2, 0) is 19.1 Å². The fourth-order valence-corrected chi connectivity index (χ4v) is 5.56. The number of methoxy groups -OCH3 is 2. The molecular formula is C27H34N4O6S. The Morgan fingerprint density at radius 3 is 2.76 bits per heavy atom. The maximum absolute atomic E-state index is 13.3. The Morgan fingerprint density at radius 1 is 1.26 bits per heavy atom. The third-order valence-corrected chi connectivity index (χ3v) is 7.37. The van der Waals surface area contributed by atoms with Crippen LogP contribution in [0, 0.1) is 0 Å². The van der Waals surface area contributed by atoms with Crippen molar-refractivity contribution < 1.29 is 28.5 Å². The van der Waals surface area contributed by atoms with Gasteiger partial charge >= 0.3 is 5.97 Å². The number of allylic oxidation sites excluding steroid dienone is 1. The monoisotopic (exact) mass is 542 g/mol. The molecule has 3 heterocycles. The van der Waals surface area contributed by atoms with Crippen molar-refractivity contribution in [3.05, 3.63) is 58.8 Å². The lowest BCUT2D eigenvalue weighted by molar-refractivity contribution is -0.138. The van der Waals surface area contributed by atoms with Crippen LogP contribution in [0.15, 0.2) is 58.2 Å². The molecule has 204 valence electrons. The summed E-state index contributed by atoms with van der Waals surface area (Å²) in [4.78, 5) is 35.2. The number of hydrogen-bond acceptors (Lipinski definition) is 10. The molecule has 1 aromatic rings. The SMILES string of the molecule is C=CCOC(=O)C1=C(C)N=C2SC=C(CC(=O)NCCN3CCOCC3)N2[C@H]1c1cc(OC)ccc1OC. The van der Waals surface area contributed by atoms with Gasteiger partial charge < -0.3 is 29.2 Å². The van der Waals surface area contributed by atoms with E-state index in [1.165, 1.54) is 17.8 Å². The molecule has 3 aliphatic rings. The highest BCUT2D eigenvalue weighted by molar-refractivity contribution is 8.16. The number of amides is 1. The van der Waals surface area contributed by atoms with Crippen LogP contribution >= 0.6 is 11.8 Å². The van der Waals surface area contributed by atoms with Gasteiger partial charge in [-0.15, -0.1) is 0 Å². The molecule has 1 atom stereocenters. The number of aliphatic imine (C=N–C) groups is 1. The van der Waals surface area contributed by atoms with Crippen LogP contribution in [0.4, 0.5) is 0 Å². The van der Waals surface area contributed by atoms with Gasteiger partial charge in [-0.05, 0) is 30.5 Å². The molecule has 0 spiro atoms. The summed E-state index contributed by atoms with van der Waals surface area (Å²) < 4.78 is 22.0. The number of morpholine rings is 1. The van der Waals surface area contributed by atoms with Crippen molar-refractivity contribution in [1.29, 1.82) is 0 Å². The summed E-state index contributed by atoms with van der Waals surface area (Å²) in [5, 5.41) is 5.60. The van der Waals surface area contributed by atoms with Gasteiger partial charge in [0.2, 0.25) is 5.91 Å². The largest absolute Gasteiger partial charge is 0.497 e. The van der Waals surface area contributed by atoms with Crippen LogP contribution in [0.3, 0.4) is 0 Å². The molecule has 0 aromatic heterocycles. The van der Waals surface area contributed by atoms with Gasteiger partial charge in [-0.1, -0.05) is 24.4 Å². The zero-order valence-electron chi connectivity index (χ0n) is 22.0. The number of esters is 1. The average Bonchev–Trinajstić information content (AvgIpc) is 3.32. The van der Waals surface area contributed by atoms with Gasteiger partial charge in [-0.25, -0.2) is 9.79 Å². The Labute approximate surface area is 227 Å². The zero-order chi connectivity index (χ0) is 27.1. The van der Waals surface area contributed by atoms with Crippen molar-refractivity contribution >= 4 is 28.8 Å². The molecule has 0 unspecified atom stereocenters. The van der Waals surface area contributed by atoms with E-state index in [0.717, 1.165) is 38.5 Å². The Hall–Kier alpha value is -3.28. The number of carbonyl (C=O) groups is 2. The lowest BCUT2D eigenvalue weighted by Gasteiger charge is -2.36. The lowest BCUT2D eigenvalue weighted by atomic mass is 9.92. The van der Waals surface area contributed by atoms with Crippen LogP contribution in [0.2, 0.25) is 0 Å². The first-order chi connectivity index (χ1) is 18.5. The van der Waals surface area contributed by atoms with Crippen LogP contribution in [0.25, 0.3) is 0 Å². The summed E-state index contributed by atoms with van der Waals surface area (Å²) in [6.45, 7) is 9.97. The molecular weight excluding hydrogens is 508 g/mol. The van der Waals surface area contributed by atoms with Crippen molar-refractivity contribution in [2.24, 2.45) is 4.99 Å². The molecule has 1 aromatic carbocycles. The number of nitrogens with one attached hydrogen (secondary N) is 1. The normalized spacial score (nSPS) is 19.3. The molecule has 0 aliphatic carbocycles. The van der Waals surface area contributed by atoms with Crippen LogP contribution in [0.5, 0.6) is 11.5 Å². The van der Waals surface area contributed by atoms with E-state index >= 15 is 0 Å². The van der Waals surface area contributed by atoms with E-state index in [-0.39, 0.29) is 18.9 Å². The summed E-state index contributed by atoms with van der Waals surface area (Å²) >= 11 is 1.42. The number of benzene rings is 1. The van der Waals surface area contributed by atoms with Crippen molar-refractivity contribution in [3.63, 3.8) is 0 Å². The van der Waals surface area contributed by atoms with E-state index in [1.807, 2.05) is 16.4 Å². The van der Waals surface area contributed by atoms with Crippen molar-refractivity contribution in [2.75, 3.05) is 60.2 Å². The van der Waals surface area contributed by atoms with E-state index in [2.05, 4.69) is 16.8 Å². The van der Waals surface area contributed by atoms with E-state index in [9.17, 15) is 9.59 Å². The highest BCUT2D eigenvalue weighted by atomic mass is 32.2. The molecule has 4 rings (SSSR count). The minimum absolute atomic E-state index is 0.0666. The summed E-state index contributed by atoms with van der Waals surface area (Å²) in [6, 6.07) is 4.80. The van der Waals surface area contributed by atoms with E-state index in [1.54, 1.807) is 33.3 Å². The molecule has 38 heavy (non-hydrogen) atoms. The van der Waals surface area contributed by atoms with Gasteiger partial charge in [0.05, 0.1) is 51.2 Å². The number of thioether (sulfide) groups is 1. The van der Waals surface area contributed by atoms with E-state index in [4.69, 9.17) is 23.9 Å². The average molecular weight is 543 g/mol. The second-order valence-electron chi connectivity index (χ2n) is 8.87. The fraction of sp³-hybridized carbons (Fsp3) is 0.444. The summed E-state index contributed by atoms with van der Waals surface area (Å²) in [5.74, 6) is 0.570. The number of ether oxygens (including phenoxy) is 4. The summed E-state index contributed by atoms with van der Waals surface area (Å²) in [7, 11) is 3.16. The van der Waals surface area contributed by atoms with Crippen molar-refractivity contribution in [3.8, 4) is 11.5 Å². The molecule has 1 fully saturated rings. The van der Waals surface area contributed by atoms with E-state index < -0.39 is 12.0 Å². The van der Waals surface area contributed by atoms with Gasteiger partial charge in [0, 0.05) is 37.4 Å². The highest BCUT2D eigenvalue weighted by Gasteiger charge is 2.42. The smallest absolute Gasteiger partial charge is 0.338 e. The molecule has 0 radical (unpaired) electrons. The number of amidine groups is 1. The minimum Gasteiger partial charge on any atom is -0.497 e. The number of nitrogens with zero attached hydrogens (tertiary/aromatic N) is 3. The van der Waals surface area contributed by atoms with Gasteiger partial charge in [0.1, 0.15) is 18.1 Å². The Balaban J connectivity index is 1.60. The maximum atomic E-state index is 13.3. The van der Waals surface area contributed by atoms with Gasteiger partial charge in [-0.3, -0.25) is 9.69 Å². The molecule has 0 bridgehead atoms. The zero-order valence-corrected chi connectivity index (χ0v) is 22.8. The molecule has 1 N–H and O–H groups in total. The topological polar surface area (TPSA) is 102 Å². The second-order valence-corrected chi connectivity index (χ2v) is 9.71. The van der Waals surface area contributed by atoms with E-state index in [0.29, 0.717) is 40.0 Å². The first kappa shape index (κ1) is 27.7. The van der Waals surface area contributed by atoms with Crippen molar-refractivity contribution in [1.82, 2.24) is 15.1 Å². The van der Waals surface area contributed by atoms with Crippen molar-refractivity contribution in [2.45, 2.75) is 19.4 Å². The molecule has 11 heteroatoms. The molecule has 10 nitrogen and oxygen atoms in total. The Morgan fingerprint density at radius 2 is 2.05 bits per heavy atom. The van der Waals surface area contributed by atoms with Gasteiger partial charge in [-0.2, -0.15) is 0 Å². The molecule has 1 saturated heterocycles. The Kier molecular flexibility index (Phi) is 9.48. The second kappa shape index (κ2) is 13.0. The molecule has 0 saturated carbocycles. The van der Waals surface area contributed by atoms with Crippen LogP contribution < -0.4 is 14.8 Å². The standard InChI is InChI=1S/C27H34N4O6S/c1-5-12-37-26(33)24-18(2)29-27-31(25(24)21-16-20(34-3)6-7-22(21)35-4)19(17-38-27)15-23(32)28-8-9-30-10-13-36-14-11-30/h5-7,16-17,25H,1,8-15H2,2-4H3,(H,28,32)/t25-/m0/s1. The first-order valence-electron chi connectivity index (χ1n) is 12.5.